The van der Waals surface area contributed by atoms with Gasteiger partial charge in [0, 0.05) is 23.7 Å². The summed E-state index contributed by atoms with van der Waals surface area (Å²) >= 11 is 0. The largest absolute Gasteiger partial charge is 0.383 e. The summed E-state index contributed by atoms with van der Waals surface area (Å²) in [6, 6.07) is 13.3. The number of nitrogen functional groups attached to an aromatic ring is 1. The Kier molecular flexibility index (Phi) is 5.50. The van der Waals surface area contributed by atoms with Gasteiger partial charge in [0.2, 0.25) is 0 Å². The van der Waals surface area contributed by atoms with Crippen LogP contribution in [-0.2, 0) is 0 Å². The maximum atomic E-state index is 13.0. The van der Waals surface area contributed by atoms with E-state index in [0.29, 0.717) is 27.8 Å². The summed E-state index contributed by atoms with van der Waals surface area (Å²) in [6.07, 6.45) is 2.18. The van der Waals surface area contributed by atoms with Crippen molar-refractivity contribution >= 4 is 45.8 Å². The number of rotatable bonds is 6. The van der Waals surface area contributed by atoms with Gasteiger partial charge in [-0.15, -0.1) is 0 Å². The number of carbonyl (C=O) groups excluding carboxylic acids is 1. The van der Waals surface area contributed by atoms with Gasteiger partial charge in [-0.3, -0.25) is 14.9 Å². The van der Waals surface area contributed by atoms with E-state index in [-0.39, 0.29) is 29.0 Å². The predicted molar refractivity (Wildman–Crippen MR) is 123 cm³/mol. The highest BCUT2D eigenvalue weighted by Gasteiger charge is 2.24. The predicted octanol–water partition coefficient (Wildman–Crippen LogP) is 3.49. The molecule has 2 aromatic heterocycles. The van der Waals surface area contributed by atoms with Crippen LogP contribution in [0.4, 0.5) is 11.5 Å². The lowest BCUT2D eigenvalue weighted by molar-refractivity contribution is -0.384. The van der Waals surface area contributed by atoms with E-state index in [1.54, 1.807) is 24.3 Å². The van der Waals surface area contributed by atoms with Gasteiger partial charge in [-0.25, -0.2) is 9.97 Å². The Hall–Kier alpha value is -4.34. The smallest absolute Gasteiger partial charge is 0.270 e. The molecule has 0 unspecified atom stereocenters. The Bertz CT molecular complexity index is 1380. The molecular weight excluding hydrogens is 410 g/mol. The van der Waals surface area contributed by atoms with E-state index in [1.165, 1.54) is 23.0 Å². The number of fused-ring (bicyclic) bond motifs is 2. The minimum absolute atomic E-state index is 0.0536. The van der Waals surface area contributed by atoms with Crippen molar-refractivity contribution in [2.24, 2.45) is 5.10 Å². The van der Waals surface area contributed by atoms with Crippen molar-refractivity contribution in [1.29, 1.82) is 0 Å². The maximum Gasteiger partial charge on any atom is 0.270 e. The number of nitrogens with zero attached hydrogens (tertiary/aromatic N) is 5. The minimum Gasteiger partial charge on any atom is -0.383 e. The third-order valence-corrected chi connectivity index (χ3v) is 5.09. The van der Waals surface area contributed by atoms with E-state index in [0.717, 1.165) is 6.42 Å². The summed E-state index contributed by atoms with van der Waals surface area (Å²) in [6.45, 7) is 3.86. The fourth-order valence-electron chi connectivity index (χ4n) is 3.23. The summed E-state index contributed by atoms with van der Waals surface area (Å²) in [7, 11) is 0. The minimum atomic E-state index is -0.480. The molecule has 0 spiro atoms. The average Bonchev–Trinajstić information content (AvgIpc) is 3.06. The number of nitro groups is 1. The number of hydrogen-bond acceptors (Lipinski definition) is 7. The number of nitrogens with one attached hydrogen (secondary N) is 1. The van der Waals surface area contributed by atoms with Crippen LogP contribution < -0.4 is 11.1 Å². The summed E-state index contributed by atoms with van der Waals surface area (Å²) in [5.74, 6) is -0.284. The molecule has 0 aliphatic heterocycles. The molecule has 3 N–H and O–H groups in total. The van der Waals surface area contributed by atoms with Crippen molar-refractivity contribution in [3.05, 3.63) is 69.8 Å². The summed E-state index contributed by atoms with van der Waals surface area (Å²) in [5, 5.41) is 18.3. The highest BCUT2D eigenvalue weighted by atomic mass is 16.6. The van der Waals surface area contributed by atoms with Gasteiger partial charge in [-0.1, -0.05) is 31.2 Å². The summed E-state index contributed by atoms with van der Waals surface area (Å²) < 4.78 is 1.33. The lowest BCUT2D eigenvalue weighted by Crippen LogP contribution is -2.32. The van der Waals surface area contributed by atoms with Crippen LogP contribution in [0.5, 0.6) is 0 Å². The van der Waals surface area contributed by atoms with Gasteiger partial charge in [0.15, 0.2) is 5.65 Å². The van der Waals surface area contributed by atoms with Gasteiger partial charge in [0.05, 0.1) is 22.2 Å². The molecule has 4 aromatic rings. The zero-order valence-electron chi connectivity index (χ0n) is 17.5. The molecule has 32 heavy (non-hydrogen) atoms. The van der Waals surface area contributed by atoms with E-state index in [2.05, 4.69) is 20.4 Å². The number of nitro benzene ring substituents is 1. The van der Waals surface area contributed by atoms with E-state index in [9.17, 15) is 14.9 Å². The second kappa shape index (κ2) is 8.42. The monoisotopic (exact) mass is 431 g/mol. The van der Waals surface area contributed by atoms with Crippen LogP contribution in [0.2, 0.25) is 0 Å². The second-order valence-electron chi connectivity index (χ2n) is 7.34. The van der Waals surface area contributed by atoms with Gasteiger partial charge in [-0.05, 0) is 25.5 Å². The Morgan fingerprint density at radius 1 is 1.25 bits per heavy atom. The number of aromatic nitrogens is 3. The van der Waals surface area contributed by atoms with Crippen molar-refractivity contribution in [2.75, 3.05) is 5.73 Å². The van der Waals surface area contributed by atoms with Crippen LogP contribution in [0.1, 0.15) is 36.2 Å². The SMILES string of the molecule is CC[C@H](C)NC(=O)c1c(N)n(/N=C\c2cccc([N+](=O)[O-])c2)c2nc3ccccc3nc12. The highest BCUT2D eigenvalue weighted by molar-refractivity contribution is 6.10. The van der Waals surface area contributed by atoms with Crippen molar-refractivity contribution < 1.29 is 9.72 Å². The molecule has 0 aliphatic rings. The van der Waals surface area contributed by atoms with Crippen LogP contribution >= 0.6 is 0 Å². The Morgan fingerprint density at radius 3 is 2.66 bits per heavy atom. The standard InChI is InChI=1S/C22H21N7O3/c1-3-13(2)25-22(30)18-19-21(27-17-10-5-4-9-16(17)26-19)28(20(18)23)24-12-14-7-6-8-15(11-14)29(31)32/h4-13H,3,23H2,1-2H3,(H,25,30)/b24-12-/t13-/m0/s1. The number of non-ortho nitro benzene ring substituents is 1. The lowest BCUT2D eigenvalue weighted by atomic mass is 10.2. The molecule has 0 aliphatic carbocycles. The fraction of sp³-hybridized carbons (Fsp3) is 0.182. The van der Waals surface area contributed by atoms with E-state index in [4.69, 9.17) is 5.73 Å². The number of amides is 1. The lowest BCUT2D eigenvalue weighted by Gasteiger charge is -2.11. The quantitative estimate of drug-likeness (QED) is 0.272. The maximum absolute atomic E-state index is 13.0. The molecule has 0 saturated heterocycles. The third-order valence-electron chi connectivity index (χ3n) is 5.09. The normalized spacial score (nSPS) is 12.4. The Morgan fingerprint density at radius 2 is 1.97 bits per heavy atom. The van der Waals surface area contributed by atoms with Crippen LogP contribution in [0.3, 0.4) is 0 Å². The van der Waals surface area contributed by atoms with Crippen LogP contribution in [0.15, 0.2) is 53.6 Å². The third kappa shape index (κ3) is 3.85. The van der Waals surface area contributed by atoms with Crippen LogP contribution in [0, 0.1) is 10.1 Å². The summed E-state index contributed by atoms with van der Waals surface area (Å²) in [4.78, 5) is 32.8. The average molecular weight is 431 g/mol. The number of hydrogen-bond donors (Lipinski definition) is 2. The number of anilines is 1. The second-order valence-corrected chi connectivity index (χ2v) is 7.34. The van der Waals surface area contributed by atoms with Gasteiger partial charge in [0.1, 0.15) is 16.9 Å². The van der Waals surface area contributed by atoms with Gasteiger partial charge in [0.25, 0.3) is 11.6 Å². The highest BCUT2D eigenvalue weighted by Crippen LogP contribution is 2.28. The topological polar surface area (TPSA) is 141 Å². The molecule has 10 nitrogen and oxygen atoms in total. The van der Waals surface area contributed by atoms with E-state index < -0.39 is 4.92 Å². The first-order chi connectivity index (χ1) is 15.4. The molecule has 1 atom stereocenters. The summed E-state index contributed by atoms with van der Waals surface area (Å²) in [5.41, 5.74) is 8.87. The van der Waals surface area contributed by atoms with Gasteiger partial charge >= 0.3 is 0 Å². The van der Waals surface area contributed by atoms with Crippen molar-refractivity contribution in [3.63, 3.8) is 0 Å². The van der Waals surface area contributed by atoms with Gasteiger partial charge < -0.3 is 11.1 Å². The van der Waals surface area contributed by atoms with Gasteiger partial charge in [-0.2, -0.15) is 9.78 Å². The number of para-hydroxylation sites is 2. The molecule has 2 heterocycles. The molecular formula is C22H21N7O3. The van der Waals surface area contributed by atoms with E-state index >= 15 is 0 Å². The van der Waals surface area contributed by atoms with Crippen molar-refractivity contribution in [3.8, 4) is 0 Å². The molecule has 4 rings (SSSR count). The number of carbonyl (C=O) groups is 1. The molecule has 10 heteroatoms. The molecule has 0 fully saturated rings. The molecule has 0 saturated carbocycles. The Labute approximate surface area is 182 Å². The first kappa shape index (κ1) is 20.9. The van der Waals surface area contributed by atoms with E-state index in [1.807, 2.05) is 26.0 Å². The number of nitrogens with two attached hydrogens (primary N) is 1. The zero-order chi connectivity index (χ0) is 22.8. The zero-order valence-corrected chi connectivity index (χ0v) is 17.5. The molecule has 162 valence electrons. The van der Waals surface area contributed by atoms with Crippen LogP contribution in [0.25, 0.3) is 22.2 Å². The fourth-order valence-corrected chi connectivity index (χ4v) is 3.23. The first-order valence-electron chi connectivity index (χ1n) is 10.1. The van der Waals surface area contributed by atoms with Crippen molar-refractivity contribution in [2.45, 2.75) is 26.3 Å². The molecule has 0 bridgehead atoms. The van der Waals surface area contributed by atoms with Crippen LogP contribution in [-0.4, -0.2) is 37.7 Å². The first-order valence-corrected chi connectivity index (χ1v) is 10.1. The number of benzene rings is 2. The molecule has 2 aromatic carbocycles. The van der Waals surface area contributed by atoms with Crippen molar-refractivity contribution in [1.82, 2.24) is 20.0 Å². The molecule has 1 amide bonds. The molecule has 0 radical (unpaired) electrons. The Balaban J connectivity index is 1.88.